The van der Waals surface area contributed by atoms with Gasteiger partial charge >= 0.3 is 0 Å². The van der Waals surface area contributed by atoms with Crippen molar-refractivity contribution in [2.75, 3.05) is 39.5 Å². The fourth-order valence-electron chi connectivity index (χ4n) is 5.24. The Bertz CT molecular complexity index is 787. The van der Waals surface area contributed by atoms with Gasteiger partial charge in [-0.3, -0.25) is 9.69 Å². The van der Waals surface area contributed by atoms with Crippen molar-refractivity contribution in [3.63, 3.8) is 0 Å². The maximum Gasteiger partial charge on any atom is 0.249 e. The number of piperazine rings is 1. The molecule has 0 bridgehead atoms. The Kier molecular flexibility index (Phi) is 7.95. The molecule has 2 saturated heterocycles. The molecule has 2 aromatic carbocycles. The molecule has 2 aromatic rings. The van der Waals surface area contributed by atoms with Crippen molar-refractivity contribution in [1.82, 2.24) is 9.80 Å². The number of carbonyl (C=O) groups excluding carboxylic acids is 1. The van der Waals surface area contributed by atoms with E-state index in [9.17, 15) is 4.79 Å². The minimum Gasteiger partial charge on any atom is -0.381 e. The van der Waals surface area contributed by atoms with Crippen molar-refractivity contribution < 1.29 is 14.3 Å². The van der Waals surface area contributed by atoms with Crippen LogP contribution in [-0.2, 0) is 14.3 Å². The van der Waals surface area contributed by atoms with E-state index >= 15 is 0 Å². The Hall–Kier alpha value is -2.21. The monoisotopic (exact) mass is 436 g/mol. The molecule has 2 aliphatic rings. The zero-order valence-electron chi connectivity index (χ0n) is 19.4. The largest absolute Gasteiger partial charge is 0.381 e. The Morgan fingerprint density at radius 1 is 0.938 bits per heavy atom. The Morgan fingerprint density at radius 3 is 2.00 bits per heavy atom. The van der Waals surface area contributed by atoms with Crippen LogP contribution in [0.1, 0.15) is 43.9 Å². The van der Waals surface area contributed by atoms with Gasteiger partial charge in [-0.1, -0.05) is 60.7 Å². The molecule has 2 heterocycles. The number of nitrogens with zero attached hydrogens (tertiary/aromatic N) is 2. The lowest BCUT2D eigenvalue weighted by Gasteiger charge is -2.45. The highest BCUT2D eigenvalue weighted by Gasteiger charge is 2.34. The number of amides is 1. The summed E-state index contributed by atoms with van der Waals surface area (Å²) in [4.78, 5) is 17.8. The van der Waals surface area contributed by atoms with Crippen LogP contribution in [0.4, 0.5) is 0 Å². The van der Waals surface area contributed by atoms with E-state index in [1.54, 1.807) is 0 Å². The third kappa shape index (κ3) is 5.77. The molecule has 0 saturated carbocycles. The van der Waals surface area contributed by atoms with Crippen molar-refractivity contribution in [1.29, 1.82) is 0 Å². The molecular weight excluding hydrogens is 400 g/mol. The number of hydrogen-bond acceptors (Lipinski definition) is 4. The van der Waals surface area contributed by atoms with Crippen LogP contribution in [0.15, 0.2) is 60.7 Å². The average molecular weight is 437 g/mol. The van der Waals surface area contributed by atoms with E-state index in [1.165, 1.54) is 0 Å². The molecule has 2 fully saturated rings. The summed E-state index contributed by atoms with van der Waals surface area (Å²) in [6.45, 7) is 9.14. The first-order valence-electron chi connectivity index (χ1n) is 11.9. The van der Waals surface area contributed by atoms with Crippen LogP contribution in [0.3, 0.4) is 0 Å². The third-order valence-corrected chi connectivity index (χ3v) is 6.72. The lowest BCUT2D eigenvalue weighted by molar-refractivity contribution is -0.145. The Labute approximate surface area is 192 Å². The molecule has 32 heavy (non-hydrogen) atoms. The van der Waals surface area contributed by atoms with Crippen molar-refractivity contribution in [3.8, 4) is 0 Å². The summed E-state index contributed by atoms with van der Waals surface area (Å²) in [6.07, 6.45) is 2.05. The lowest BCUT2D eigenvalue weighted by Crippen LogP contribution is -2.60. The van der Waals surface area contributed by atoms with E-state index in [0.717, 1.165) is 56.8 Å². The molecule has 0 aliphatic carbocycles. The lowest BCUT2D eigenvalue weighted by atomic mass is 9.98. The fraction of sp³-hybridized carbons (Fsp3) is 0.519. The molecule has 2 atom stereocenters. The fourth-order valence-corrected chi connectivity index (χ4v) is 5.24. The van der Waals surface area contributed by atoms with Gasteiger partial charge in [-0.25, -0.2) is 0 Å². The van der Waals surface area contributed by atoms with Gasteiger partial charge in [-0.15, -0.1) is 0 Å². The first kappa shape index (κ1) is 23.0. The highest BCUT2D eigenvalue weighted by Crippen LogP contribution is 2.27. The SMILES string of the molecule is CC1CN(CC2CCOCC2)CC(C)N1C(=O)COC(c1ccccc1)c1ccccc1. The van der Waals surface area contributed by atoms with Gasteiger partial charge in [-0.2, -0.15) is 0 Å². The van der Waals surface area contributed by atoms with Crippen LogP contribution >= 0.6 is 0 Å². The van der Waals surface area contributed by atoms with Crippen molar-refractivity contribution in [2.45, 2.75) is 44.9 Å². The molecule has 172 valence electrons. The van der Waals surface area contributed by atoms with Crippen molar-refractivity contribution in [3.05, 3.63) is 71.8 Å². The summed E-state index contributed by atoms with van der Waals surface area (Å²) in [5.74, 6) is 0.791. The van der Waals surface area contributed by atoms with Gasteiger partial charge in [0.25, 0.3) is 0 Å². The smallest absolute Gasteiger partial charge is 0.249 e. The van der Waals surface area contributed by atoms with Gasteiger partial charge in [0, 0.05) is 44.9 Å². The van der Waals surface area contributed by atoms with Gasteiger partial charge in [-0.05, 0) is 43.7 Å². The van der Waals surface area contributed by atoms with Crippen molar-refractivity contribution in [2.24, 2.45) is 5.92 Å². The molecule has 2 aliphatic heterocycles. The zero-order chi connectivity index (χ0) is 22.3. The predicted octanol–water partition coefficient (Wildman–Crippen LogP) is 4.14. The molecule has 0 radical (unpaired) electrons. The second-order valence-electron chi connectivity index (χ2n) is 9.29. The number of ether oxygens (including phenoxy) is 2. The molecule has 5 nitrogen and oxygen atoms in total. The number of benzene rings is 2. The quantitative estimate of drug-likeness (QED) is 0.654. The van der Waals surface area contributed by atoms with Gasteiger partial charge in [0.2, 0.25) is 5.91 Å². The summed E-state index contributed by atoms with van der Waals surface area (Å²) in [5.41, 5.74) is 2.13. The molecule has 2 unspecified atom stereocenters. The molecule has 5 heteroatoms. The standard InChI is InChI=1S/C27H36N2O3/c1-21-17-28(19-23-13-15-31-16-14-23)18-22(2)29(21)26(30)20-32-27(24-9-5-3-6-10-24)25-11-7-4-8-12-25/h3-12,21-23,27H,13-20H2,1-2H3. The average Bonchev–Trinajstić information content (AvgIpc) is 2.81. The number of carbonyl (C=O) groups is 1. The van der Waals surface area contributed by atoms with Gasteiger partial charge in [0.15, 0.2) is 0 Å². The minimum atomic E-state index is -0.248. The maximum atomic E-state index is 13.2. The van der Waals surface area contributed by atoms with Crippen LogP contribution in [0.5, 0.6) is 0 Å². The number of rotatable bonds is 7. The van der Waals surface area contributed by atoms with E-state index in [4.69, 9.17) is 9.47 Å². The van der Waals surface area contributed by atoms with Crippen molar-refractivity contribution >= 4 is 5.91 Å². The van der Waals surface area contributed by atoms with E-state index in [-0.39, 0.29) is 30.7 Å². The molecule has 1 amide bonds. The van der Waals surface area contributed by atoms with Crippen LogP contribution in [0.2, 0.25) is 0 Å². The summed E-state index contributed by atoms with van der Waals surface area (Å²) in [7, 11) is 0. The highest BCUT2D eigenvalue weighted by molar-refractivity contribution is 5.78. The van der Waals surface area contributed by atoms with Crippen LogP contribution < -0.4 is 0 Å². The second-order valence-corrected chi connectivity index (χ2v) is 9.29. The van der Waals surface area contributed by atoms with Gasteiger partial charge < -0.3 is 14.4 Å². The summed E-state index contributed by atoms with van der Waals surface area (Å²) >= 11 is 0. The van der Waals surface area contributed by atoms with Crippen LogP contribution in [0.25, 0.3) is 0 Å². The molecule has 0 aromatic heterocycles. The van der Waals surface area contributed by atoms with E-state index in [2.05, 4.69) is 43.0 Å². The minimum absolute atomic E-state index is 0.0765. The highest BCUT2D eigenvalue weighted by atomic mass is 16.5. The van der Waals surface area contributed by atoms with E-state index in [0.29, 0.717) is 5.92 Å². The second kappa shape index (κ2) is 11.1. The summed E-state index contributed by atoms with van der Waals surface area (Å²) in [6, 6.07) is 20.6. The summed E-state index contributed by atoms with van der Waals surface area (Å²) in [5, 5.41) is 0. The third-order valence-electron chi connectivity index (χ3n) is 6.72. The van der Waals surface area contributed by atoms with E-state index in [1.807, 2.05) is 41.3 Å². The topological polar surface area (TPSA) is 42.0 Å². The molecule has 0 N–H and O–H groups in total. The zero-order valence-corrected chi connectivity index (χ0v) is 19.4. The maximum absolute atomic E-state index is 13.2. The molecular formula is C27H36N2O3. The van der Waals surface area contributed by atoms with Crippen LogP contribution in [-0.4, -0.2) is 67.2 Å². The Balaban J connectivity index is 1.37. The first-order chi connectivity index (χ1) is 15.6. The first-order valence-corrected chi connectivity index (χ1v) is 11.9. The predicted molar refractivity (Wildman–Crippen MR) is 126 cm³/mol. The molecule has 4 rings (SSSR count). The summed E-state index contributed by atoms with van der Waals surface area (Å²) < 4.78 is 11.8. The Morgan fingerprint density at radius 2 is 1.47 bits per heavy atom. The molecule has 0 spiro atoms. The van der Waals surface area contributed by atoms with E-state index < -0.39 is 0 Å². The van der Waals surface area contributed by atoms with Crippen LogP contribution in [0, 0.1) is 5.92 Å². The normalized spacial score (nSPS) is 22.9. The van der Waals surface area contributed by atoms with Gasteiger partial charge in [0.1, 0.15) is 12.7 Å². The van der Waals surface area contributed by atoms with Gasteiger partial charge in [0.05, 0.1) is 0 Å². The number of hydrogen-bond donors (Lipinski definition) is 0.